The van der Waals surface area contributed by atoms with E-state index in [1.165, 1.54) is 9.71 Å². The number of hydrogen-bond acceptors (Lipinski definition) is 6. The van der Waals surface area contributed by atoms with Crippen molar-refractivity contribution in [3.8, 4) is 0 Å². The van der Waals surface area contributed by atoms with Crippen molar-refractivity contribution >= 4 is 44.9 Å². The third-order valence-electron chi connectivity index (χ3n) is 4.10. The Morgan fingerprint density at radius 1 is 1.22 bits per heavy atom. The van der Waals surface area contributed by atoms with Crippen molar-refractivity contribution in [1.29, 1.82) is 0 Å². The molecular weight excluding hydrogens is 330 g/mol. The summed E-state index contributed by atoms with van der Waals surface area (Å²) < 4.78 is 1.24. The molecule has 1 atom stereocenters. The first kappa shape index (κ1) is 14.7. The molecule has 0 bridgehead atoms. The molecule has 0 aliphatic carbocycles. The fourth-order valence-electron chi connectivity index (χ4n) is 3.04. The van der Waals surface area contributed by atoms with E-state index in [2.05, 4.69) is 33.1 Å². The van der Waals surface area contributed by atoms with Crippen LogP contribution in [-0.2, 0) is 0 Å². The van der Waals surface area contributed by atoms with Gasteiger partial charge in [0.05, 0.1) is 15.2 Å². The standard InChI is InChI=1S/C16H16ClN5S/c17-13-8-14(21-16(18)20-13)22-7-3-4-10(9-22)15-19-11-5-1-2-6-12(11)23-15/h1-2,5-6,8,10H,3-4,7,9H2,(H2,18,20,21)/t10-/m1/s1. The second-order valence-electron chi connectivity index (χ2n) is 5.71. The highest BCUT2D eigenvalue weighted by molar-refractivity contribution is 7.18. The van der Waals surface area contributed by atoms with Crippen LogP contribution in [0.2, 0.25) is 5.15 Å². The Morgan fingerprint density at radius 3 is 2.91 bits per heavy atom. The molecule has 2 aromatic heterocycles. The minimum atomic E-state index is 0.217. The summed E-state index contributed by atoms with van der Waals surface area (Å²) in [5.74, 6) is 1.43. The quantitative estimate of drug-likeness (QED) is 0.717. The van der Waals surface area contributed by atoms with Crippen LogP contribution in [-0.4, -0.2) is 28.0 Å². The predicted molar refractivity (Wildman–Crippen MR) is 95.3 cm³/mol. The highest BCUT2D eigenvalue weighted by Gasteiger charge is 2.25. The number of rotatable bonds is 2. The smallest absolute Gasteiger partial charge is 0.223 e. The van der Waals surface area contributed by atoms with Gasteiger partial charge in [0.15, 0.2) is 0 Å². The summed E-state index contributed by atoms with van der Waals surface area (Å²) in [5.41, 5.74) is 6.80. The van der Waals surface area contributed by atoms with Crippen LogP contribution >= 0.6 is 22.9 Å². The molecule has 1 fully saturated rings. The number of piperidine rings is 1. The lowest BCUT2D eigenvalue weighted by molar-refractivity contribution is 0.506. The minimum Gasteiger partial charge on any atom is -0.368 e. The van der Waals surface area contributed by atoms with Crippen LogP contribution in [0.15, 0.2) is 30.3 Å². The Morgan fingerprint density at radius 2 is 2.09 bits per heavy atom. The number of aromatic nitrogens is 3. The second-order valence-corrected chi connectivity index (χ2v) is 7.16. The van der Waals surface area contributed by atoms with Crippen LogP contribution in [0.1, 0.15) is 23.8 Å². The van der Waals surface area contributed by atoms with E-state index in [4.69, 9.17) is 22.3 Å². The number of hydrogen-bond donors (Lipinski definition) is 1. The van der Waals surface area contributed by atoms with Crippen molar-refractivity contribution in [2.45, 2.75) is 18.8 Å². The molecule has 23 heavy (non-hydrogen) atoms. The number of thiazole rings is 1. The number of para-hydroxylation sites is 1. The Bertz CT molecular complexity index is 796. The van der Waals surface area contributed by atoms with E-state index in [1.807, 2.05) is 6.07 Å². The molecule has 118 valence electrons. The third kappa shape index (κ3) is 2.96. The average Bonchev–Trinajstić information content (AvgIpc) is 2.98. The van der Waals surface area contributed by atoms with E-state index in [1.54, 1.807) is 17.4 Å². The molecular formula is C16H16ClN5S. The number of nitrogens with two attached hydrogens (primary N) is 1. The maximum atomic E-state index is 6.01. The van der Waals surface area contributed by atoms with Gasteiger partial charge in [0.25, 0.3) is 0 Å². The van der Waals surface area contributed by atoms with Gasteiger partial charge in [0, 0.05) is 25.1 Å². The van der Waals surface area contributed by atoms with E-state index in [0.29, 0.717) is 11.1 Å². The fraction of sp³-hybridized carbons (Fsp3) is 0.312. The number of nitrogens with zero attached hydrogens (tertiary/aromatic N) is 4. The van der Waals surface area contributed by atoms with Crippen molar-refractivity contribution in [2.75, 3.05) is 23.7 Å². The SMILES string of the molecule is Nc1nc(Cl)cc(N2CCC[C@@H](c3nc4ccccc4s3)C2)n1. The van der Waals surface area contributed by atoms with Gasteiger partial charge >= 0.3 is 0 Å². The van der Waals surface area contributed by atoms with Crippen LogP contribution in [0.4, 0.5) is 11.8 Å². The first-order valence-electron chi connectivity index (χ1n) is 7.59. The molecule has 0 spiro atoms. The van der Waals surface area contributed by atoms with Gasteiger partial charge in [0.2, 0.25) is 5.95 Å². The molecule has 3 aromatic rings. The van der Waals surface area contributed by atoms with E-state index >= 15 is 0 Å². The fourth-order valence-corrected chi connectivity index (χ4v) is 4.31. The molecule has 3 heterocycles. The van der Waals surface area contributed by atoms with Gasteiger partial charge in [-0.15, -0.1) is 11.3 Å². The topological polar surface area (TPSA) is 67.9 Å². The Kier molecular flexibility index (Phi) is 3.79. The van der Waals surface area contributed by atoms with Gasteiger partial charge < -0.3 is 10.6 Å². The van der Waals surface area contributed by atoms with E-state index < -0.39 is 0 Å². The molecule has 4 rings (SSSR count). The summed E-state index contributed by atoms with van der Waals surface area (Å²) in [4.78, 5) is 15.3. The lowest BCUT2D eigenvalue weighted by Gasteiger charge is -2.32. The van der Waals surface area contributed by atoms with Gasteiger partial charge in [0.1, 0.15) is 11.0 Å². The Balaban J connectivity index is 1.61. The van der Waals surface area contributed by atoms with Crippen molar-refractivity contribution in [3.63, 3.8) is 0 Å². The van der Waals surface area contributed by atoms with Crippen LogP contribution in [0.3, 0.4) is 0 Å². The molecule has 0 amide bonds. The lowest BCUT2D eigenvalue weighted by Crippen LogP contribution is -2.35. The van der Waals surface area contributed by atoms with Gasteiger partial charge in [-0.3, -0.25) is 0 Å². The van der Waals surface area contributed by atoms with Crippen LogP contribution in [0.5, 0.6) is 0 Å². The summed E-state index contributed by atoms with van der Waals surface area (Å²) in [6, 6.07) is 10.1. The predicted octanol–water partition coefficient (Wildman–Crippen LogP) is 3.71. The molecule has 0 radical (unpaired) electrons. The van der Waals surface area contributed by atoms with Crippen LogP contribution in [0.25, 0.3) is 10.2 Å². The van der Waals surface area contributed by atoms with Gasteiger partial charge in [-0.25, -0.2) is 9.97 Å². The minimum absolute atomic E-state index is 0.217. The zero-order valence-corrected chi connectivity index (χ0v) is 14.0. The number of halogens is 1. The van der Waals surface area contributed by atoms with Gasteiger partial charge in [-0.1, -0.05) is 23.7 Å². The van der Waals surface area contributed by atoms with E-state index in [0.717, 1.165) is 37.3 Å². The largest absolute Gasteiger partial charge is 0.368 e. The molecule has 1 aromatic carbocycles. The number of anilines is 2. The number of fused-ring (bicyclic) bond motifs is 1. The maximum absolute atomic E-state index is 6.01. The van der Waals surface area contributed by atoms with Crippen molar-refractivity contribution in [1.82, 2.24) is 15.0 Å². The summed E-state index contributed by atoms with van der Waals surface area (Å²) in [7, 11) is 0. The zero-order chi connectivity index (χ0) is 15.8. The molecule has 0 saturated carbocycles. The Hall–Kier alpha value is -1.92. The molecule has 1 aliphatic heterocycles. The number of benzene rings is 1. The summed E-state index contributed by atoms with van der Waals surface area (Å²) >= 11 is 7.79. The second kappa shape index (κ2) is 5.94. The molecule has 1 saturated heterocycles. The van der Waals surface area contributed by atoms with Crippen molar-refractivity contribution in [2.24, 2.45) is 0 Å². The van der Waals surface area contributed by atoms with E-state index in [9.17, 15) is 0 Å². The van der Waals surface area contributed by atoms with Gasteiger partial charge in [-0.2, -0.15) is 4.98 Å². The third-order valence-corrected chi connectivity index (χ3v) is 5.50. The van der Waals surface area contributed by atoms with Gasteiger partial charge in [-0.05, 0) is 25.0 Å². The lowest BCUT2D eigenvalue weighted by atomic mass is 9.99. The first-order chi connectivity index (χ1) is 11.2. The molecule has 5 nitrogen and oxygen atoms in total. The normalized spacial score (nSPS) is 18.5. The highest BCUT2D eigenvalue weighted by atomic mass is 35.5. The summed E-state index contributed by atoms with van der Waals surface area (Å²) in [6.07, 6.45) is 2.24. The molecule has 0 unspecified atom stereocenters. The Labute approximate surface area is 143 Å². The summed E-state index contributed by atoms with van der Waals surface area (Å²) in [5, 5.41) is 1.58. The first-order valence-corrected chi connectivity index (χ1v) is 8.79. The monoisotopic (exact) mass is 345 g/mol. The van der Waals surface area contributed by atoms with Crippen molar-refractivity contribution in [3.05, 3.63) is 40.5 Å². The molecule has 1 aliphatic rings. The molecule has 2 N–H and O–H groups in total. The highest BCUT2D eigenvalue weighted by Crippen LogP contribution is 2.34. The van der Waals surface area contributed by atoms with E-state index in [-0.39, 0.29) is 5.95 Å². The summed E-state index contributed by atoms with van der Waals surface area (Å²) in [6.45, 7) is 1.83. The van der Waals surface area contributed by atoms with Crippen LogP contribution < -0.4 is 10.6 Å². The zero-order valence-electron chi connectivity index (χ0n) is 12.4. The number of nitrogen functional groups attached to an aromatic ring is 1. The van der Waals surface area contributed by atoms with Crippen molar-refractivity contribution < 1.29 is 0 Å². The maximum Gasteiger partial charge on any atom is 0.223 e. The average molecular weight is 346 g/mol. The molecule has 7 heteroatoms. The van der Waals surface area contributed by atoms with Crippen LogP contribution in [0, 0.1) is 0 Å².